The van der Waals surface area contributed by atoms with Crippen molar-refractivity contribution >= 4 is 28.3 Å². The van der Waals surface area contributed by atoms with Crippen LogP contribution in [0.4, 0.5) is 0 Å². The molecule has 6 heteroatoms. The van der Waals surface area contributed by atoms with E-state index in [1.54, 1.807) is 11.7 Å². The van der Waals surface area contributed by atoms with Crippen LogP contribution in [0, 0.1) is 0 Å². The van der Waals surface area contributed by atoms with Gasteiger partial charge in [-0.1, -0.05) is 12.1 Å². The lowest BCUT2D eigenvalue weighted by molar-refractivity contribution is 0.0996. The highest BCUT2D eigenvalue weighted by molar-refractivity contribution is 7.12. The number of amides is 1. The summed E-state index contributed by atoms with van der Waals surface area (Å²) in [5, 5.41) is 2.33. The van der Waals surface area contributed by atoms with Crippen molar-refractivity contribution in [2.24, 2.45) is 5.73 Å². The number of benzene rings is 1. The molecule has 17 heavy (non-hydrogen) atoms. The van der Waals surface area contributed by atoms with Crippen LogP contribution in [-0.2, 0) is 0 Å². The van der Waals surface area contributed by atoms with E-state index in [1.165, 1.54) is 11.3 Å². The van der Waals surface area contributed by atoms with Gasteiger partial charge in [0.25, 0.3) is 5.91 Å². The van der Waals surface area contributed by atoms with E-state index in [9.17, 15) is 4.79 Å². The predicted molar refractivity (Wildman–Crippen MR) is 65.3 cm³/mol. The minimum Gasteiger partial charge on any atom is -0.364 e. The van der Waals surface area contributed by atoms with Gasteiger partial charge >= 0.3 is 0 Å². The van der Waals surface area contributed by atoms with Crippen LogP contribution in [0.5, 0.6) is 0 Å². The smallest absolute Gasteiger partial charge is 0.268 e. The van der Waals surface area contributed by atoms with Crippen molar-refractivity contribution in [2.75, 3.05) is 0 Å². The van der Waals surface area contributed by atoms with Gasteiger partial charge in [-0.05, 0) is 12.1 Å². The lowest BCUT2D eigenvalue weighted by Gasteiger charge is -1.97. The molecular weight excluding hydrogens is 236 g/mol. The minimum absolute atomic E-state index is 0.280. The fourth-order valence-corrected chi connectivity index (χ4v) is 2.40. The van der Waals surface area contributed by atoms with E-state index < -0.39 is 5.91 Å². The summed E-state index contributed by atoms with van der Waals surface area (Å²) in [4.78, 5) is 19.4. The minimum atomic E-state index is -0.517. The van der Waals surface area contributed by atoms with Crippen molar-refractivity contribution in [3.63, 3.8) is 0 Å². The summed E-state index contributed by atoms with van der Waals surface area (Å²) in [6.45, 7) is 0. The second-order valence-corrected chi connectivity index (χ2v) is 4.32. The van der Waals surface area contributed by atoms with Crippen LogP contribution in [0.25, 0.3) is 16.2 Å². The summed E-state index contributed by atoms with van der Waals surface area (Å²) < 4.78 is 1.84. The van der Waals surface area contributed by atoms with Crippen LogP contribution < -0.4 is 5.73 Å². The molecule has 3 aromatic rings. The highest BCUT2D eigenvalue weighted by Gasteiger charge is 2.10. The van der Waals surface area contributed by atoms with Gasteiger partial charge in [-0.25, -0.2) is 9.97 Å². The van der Waals surface area contributed by atoms with Crippen LogP contribution >= 0.6 is 11.3 Å². The number of nitrogens with zero attached hydrogens (tertiary/aromatic N) is 3. The molecule has 2 heterocycles. The van der Waals surface area contributed by atoms with Gasteiger partial charge in [0.05, 0.1) is 11.0 Å². The van der Waals surface area contributed by atoms with E-state index in [4.69, 9.17) is 5.73 Å². The zero-order valence-corrected chi connectivity index (χ0v) is 9.52. The lowest BCUT2D eigenvalue weighted by atomic mass is 10.3. The molecule has 1 aromatic carbocycles. The van der Waals surface area contributed by atoms with Crippen LogP contribution in [-0.4, -0.2) is 20.4 Å². The van der Waals surface area contributed by atoms with Crippen molar-refractivity contribution in [2.45, 2.75) is 0 Å². The number of carbonyl (C=O) groups excluding carboxylic acids is 1. The molecule has 0 aliphatic heterocycles. The molecule has 84 valence electrons. The Balaban J connectivity index is 2.17. The molecule has 0 radical (unpaired) electrons. The quantitative estimate of drug-likeness (QED) is 0.743. The normalized spacial score (nSPS) is 10.8. The maximum Gasteiger partial charge on any atom is 0.268 e. The molecule has 0 aliphatic rings. The van der Waals surface area contributed by atoms with E-state index in [-0.39, 0.29) is 5.69 Å². The third-order valence-electron chi connectivity index (χ3n) is 2.40. The summed E-state index contributed by atoms with van der Waals surface area (Å²) in [5.74, 6) is -0.517. The summed E-state index contributed by atoms with van der Waals surface area (Å²) in [7, 11) is 0. The number of aromatic nitrogens is 3. The first-order valence-corrected chi connectivity index (χ1v) is 5.81. The second-order valence-electron chi connectivity index (χ2n) is 3.48. The van der Waals surface area contributed by atoms with Gasteiger partial charge in [-0.15, -0.1) is 11.3 Å². The van der Waals surface area contributed by atoms with E-state index >= 15 is 0 Å². The number of thiazole rings is 1. The Labute approximate surface area is 101 Å². The first kappa shape index (κ1) is 9.98. The van der Waals surface area contributed by atoms with Gasteiger partial charge in [0, 0.05) is 5.38 Å². The predicted octanol–water partition coefficient (Wildman–Crippen LogP) is 1.58. The fourth-order valence-electron chi connectivity index (χ4n) is 1.60. The molecule has 5 nitrogen and oxygen atoms in total. The Morgan fingerprint density at radius 3 is 2.94 bits per heavy atom. The Hall–Kier alpha value is -2.21. The maximum absolute atomic E-state index is 11.0. The van der Waals surface area contributed by atoms with Crippen molar-refractivity contribution in [1.82, 2.24) is 14.5 Å². The maximum atomic E-state index is 11.0. The second kappa shape index (κ2) is 3.67. The van der Waals surface area contributed by atoms with Gasteiger partial charge in [0.2, 0.25) is 0 Å². The number of para-hydroxylation sites is 2. The van der Waals surface area contributed by atoms with Crippen molar-refractivity contribution in [1.29, 1.82) is 0 Å². The number of fused-ring (bicyclic) bond motifs is 1. The summed E-state index contributed by atoms with van der Waals surface area (Å²) in [6.07, 6.45) is 1.69. The zero-order chi connectivity index (χ0) is 11.8. The third kappa shape index (κ3) is 1.58. The highest BCUT2D eigenvalue weighted by atomic mass is 32.1. The first-order chi connectivity index (χ1) is 8.25. The largest absolute Gasteiger partial charge is 0.364 e. The zero-order valence-electron chi connectivity index (χ0n) is 8.70. The lowest BCUT2D eigenvalue weighted by Crippen LogP contribution is -2.11. The van der Waals surface area contributed by atoms with Crippen LogP contribution in [0.1, 0.15) is 10.5 Å². The Morgan fingerprint density at radius 1 is 1.35 bits per heavy atom. The molecule has 0 spiro atoms. The topological polar surface area (TPSA) is 73.8 Å². The van der Waals surface area contributed by atoms with E-state index in [0.717, 1.165) is 11.0 Å². The van der Waals surface area contributed by atoms with Gasteiger partial charge in [0.15, 0.2) is 5.13 Å². The van der Waals surface area contributed by atoms with Gasteiger partial charge in [-0.3, -0.25) is 9.36 Å². The van der Waals surface area contributed by atoms with Crippen molar-refractivity contribution < 1.29 is 4.79 Å². The Morgan fingerprint density at radius 2 is 2.18 bits per heavy atom. The number of carbonyl (C=O) groups is 1. The monoisotopic (exact) mass is 244 g/mol. The number of imidazole rings is 1. The molecular formula is C11H8N4OS. The molecule has 0 aliphatic carbocycles. The van der Waals surface area contributed by atoms with E-state index in [1.807, 2.05) is 28.8 Å². The van der Waals surface area contributed by atoms with Crippen LogP contribution in [0.15, 0.2) is 36.0 Å². The van der Waals surface area contributed by atoms with Crippen molar-refractivity contribution in [3.05, 3.63) is 41.7 Å². The molecule has 2 aromatic heterocycles. The fraction of sp³-hybridized carbons (Fsp3) is 0. The van der Waals surface area contributed by atoms with Gasteiger partial charge in [-0.2, -0.15) is 0 Å². The molecule has 0 saturated heterocycles. The molecule has 0 saturated carbocycles. The number of hydrogen-bond acceptors (Lipinski definition) is 4. The average Bonchev–Trinajstić information content (AvgIpc) is 2.95. The van der Waals surface area contributed by atoms with Crippen LogP contribution in [0.2, 0.25) is 0 Å². The van der Waals surface area contributed by atoms with Gasteiger partial charge in [0.1, 0.15) is 12.0 Å². The number of hydrogen-bond donors (Lipinski definition) is 1. The molecule has 3 rings (SSSR count). The van der Waals surface area contributed by atoms with Gasteiger partial charge < -0.3 is 5.73 Å². The summed E-state index contributed by atoms with van der Waals surface area (Å²) in [5.41, 5.74) is 7.30. The number of primary amides is 1. The molecule has 0 bridgehead atoms. The van der Waals surface area contributed by atoms with Crippen molar-refractivity contribution in [3.8, 4) is 5.13 Å². The average molecular weight is 244 g/mol. The van der Waals surface area contributed by atoms with Crippen LogP contribution in [0.3, 0.4) is 0 Å². The third-order valence-corrected chi connectivity index (χ3v) is 3.24. The Kier molecular flexibility index (Phi) is 2.15. The molecule has 2 N–H and O–H groups in total. The molecule has 0 unspecified atom stereocenters. The first-order valence-electron chi connectivity index (χ1n) is 4.93. The summed E-state index contributed by atoms with van der Waals surface area (Å²) >= 11 is 1.36. The highest BCUT2D eigenvalue weighted by Crippen LogP contribution is 2.20. The van der Waals surface area contributed by atoms with E-state index in [2.05, 4.69) is 9.97 Å². The summed E-state index contributed by atoms with van der Waals surface area (Å²) in [6, 6.07) is 7.74. The number of rotatable bonds is 2. The molecule has 0 atom stereocenters. The Bertz CT molecular complexity index is 700. The van der Waals surface area contributed by atoms with E-state index in [0.29, 0.717) is 5.13 Å². The standard InChI is InChI=1S/C11H8N4OS/c12-10(16)8-5-17-11(14-8)15-6-13-7-3-1-2-4-9(7)15/h1-6H,(H2,12,16). The SMILES string of the molecule is NC(=O)c1csc(-n2cnc3ccccc32)n1. The molecule has 1 amide bonds. The molecule has 0 fully saturated rings. The number of nitrogens with two attached hydrogens (primary N) is 1.